The molecule has 0 aromatic carbocycles. The number of carbonyl (C=O) groups is 3. The Hall–Kier alpha value is -1.99. The summed E-state index contributed by atoms with van der Waals surface area (Å²) < 4.78 is 8.16. The molecule has 0 saturated heterocycles. The van der Waals surface area contributed by atoms with Gasteiger partial charge in [-0.05, 0) is 6.92 Å². The van der Waals surface area contributed by atoms with Crippen molar-refractivity contribution in [3.05, 3.63) is 0 Å². The minimum absolute atomic E-state index is 0.290. The summed E-state index contributed by atoms with van der Waals surface area (Å²) in [6.45, 7) is 1.10. The molecule has 0 bridgehead atoms. The lowest BCUT2D eigenvalue weighted by Gasteiger charge is -2.08. The van der Waals surface area contributed by atoms with Crippen molar-refractivity contribution in [2.45, 2.75) is 13.0 Å². The van der Waals surface area contributed by atoms with Gasteiger partial charge in [-0.25, -0.2) is 9.59 Å². The number of rotatable bonds is 4. The van der Waals surface area contributed by atoms with Crippen LogP contribution in [0.2, 0.25) is 0 Å². The summed E-state index contributed by atoms with van der Waals surface area (Å²) in [5, 5.41) is 16.0. The first-order valence-corrected chi connectivity index (χ1v) is 4.16. The van der Waals surface area contributed by atoms with Crippen LogP contribution in [0.25, 0.3) is 0 Å². The van der Waals surface area contributed by atoms with Crippen molar-refractivity contribution in [2.24, 2.45) is 0 Å². The second-order valence-corrected chi connectivity index (χ2v) is 2.84. The molecule has 0 fully saturated rings. The molecular weight excluding hydrogens is 222 g/mol. The van der Waals surface area contributed by atoms with Crippen LogP contribution in [-0.4, -0.2) is 60.6 Å². The van der Waals surface area contributed by atoms with E-state index in [1.807, 2.05) is 0 Å². The van der Waals surface area contributed by atoms with Gasteiger partial charge in [0.2, 0.25) is 6.41 Å². The largest absolute Gasteiger partial charge is 0.506 e. The van der Waals surface area contributed by atoms with Crippen molar-refractivity contribution in [1.82, 2.24) is 4.90 Å². The molecule has 1 atom stereocenters. The molecule has 1 amide bonds. The summed E-state index contributed by atoms with van der Waals surface area (Å²) in [5.74, 6) is 0. The molecule has 8 heteroatoms. The fourth-order valence-electron chi connectivity index (χ4n) is 0.395. The van der Waals surface area contributed by atoms with Crippen LogP contribution in [0.5, 0.6) is 0 Å². The van der Waals surface area contributed by atoms with Gasteiger partial charge in [-0.2, -0.15) is 0 Å². The Morgan fingerprint density at radius 3 is 2.00 bits per heavy atom. The Morgan fingerprint density at radius 2 is 1.75 bits per heavy atom. The van der Waals surface area contributed by atoms with Gasteiger partial charge in [0.15, 0.2) is 0 Å². The number of amides is 1. The van der Waals surface area contributed by atoms with E-state index in [0.29, 0.717) is 0 Å². The molecule has 0 aliphatic carbocycles. The van der Waals surface area contributed by atoms with Crippen molar-refractivity contribution in [1.29, 1.82) is 0 Å². The number of ether oxygens (including phenoxy) is 2. The zero-order valence-electron chi connectivity index (χ0n) is 9.24. The van der Waals surface area contributed by atoms with E-state index >= 15 is 0 Å². The Kier molecular flexibility index (Phi) is 9.82. The maximum Gasteiger partial charge on any atom is 0.506 e. The number of nitrogens with zero attached hydrogens (tertiary/aromatic N) is 1. The molecule has 94 valence electrons. The molecule has 2 N–H and O–H groups in total. The van der Waals surface area contributed by atoms with Gasteiger partial charge in [0.1, 0.15) is 12.7 Å². The van der Waals surface area contributed by atoms with Crippen molar-refractivity contribution < 1.29 is 34.1 Å². The van der Waals surface area contributed by atoms with Gasteiger partial charge in [-0.3, -0.25) is 4.79 Å². The summed E-state index contributed by atoms with van der Waals surface area (Å²) in [7, 11) is 3.38. The maximum absolute atomic E-state index is 9.83. The van der Waals surface area contributed by atoms with E-state index < -0.39 is 18.4 Å². The van der Waals surface area contributed by atoms with Crippen LogP contribution in [-0.2, 0) is 14.3 Å². The highest BCUT2D eigenvalue weighted by Gasteiger charge is 2.09. The van der Waals surface area contributed by atoms with Crippen molar-refractivity contribution in [3.63, 3.8) is 0 Å². The van der Waals surface area contributed by atoms with Gasteiger partial charge >= 0.3 is 12.3 Å². The van der Waals surface area contributed by atoms with E-state index in [0.717, 1.165) is 6.41 Å². The molecule has 0 aliphatic rings. The quantitative estimate of drug-likeness (QED) is 0.539. The lowest BCUT2D eigenvalue weighted by Crippen LogP contribution is -2.20. The fourth-order valence-corrected chi connectivity index (χ4v) is 0.395. The maximum atomic E-state index is 9.83. The Bertz CT molecular complexity index is 228. The lowest BCUT2D eigenvalue weighted by molar-refractivity contribution is -0.115. The molecule has 8 nitrogen and oxygen atoms in total. The van der Waals surface area contributed by atoms with Gasteiger partial charge in [0.05, 0.1) is 0 Å². The zero-order chi connectivity index (χ0) is 13.1. The monoisotopic (exact) mass is 237 g/mol. The number of hydrogen-bond acceptors (Lipinski definition) is 5. The smallest absolute Gasteiger partial charge is 0.450 e. The molecule has 0 saturated carbocycles. The molecule has 16 heavy (non-hydrogen) atoms. The highest BCUT2D eigenvalue weighted by atomic mass is 16.7. The van der Waals surface area contributed by atoms with Crippen LogP contribution < -0.4 is 0 Å². The zero-order valence-corrected chi connectivity index (χ0v) is 9.24. The summed E-state index contributed by atoms with van der Waals surface area (Å²) in [4.78, 5) is 30.5. The molecular formula is C8H15NO7. The third-order valence-corrected chi connectivity index (χ3v) is 0.954. The fraction of sp³-hybridized carbons (Fsp3) is 0.625. The minimum atomic E-state index is -1.45. The molecule has 0 aromatic rings. The summed E-state index contributed by atoms with van der Waals surface area (Å²) in [6, 6.07) is 0. The average Bonchev–Trinajstić information content (AvgIpc) is 2.14. The third-order valence-electron chi connectivity index (χ3n) is 0.954. The number of hydrogen-bond donors (Lipinski definition) is 2. The molecule has 1 unspecified atom stereocenters. The average molecular weight is 237 g/mol. The first kappa shape index (κ1) is 16.4. The highest BCUT2D eigenvalue weighted by molar-refractivity contribution is 5.58. The highest BCUT2D eigenvalue weighted by Crippen LogP contribution is 1.92. The van der Waals surface area contributed by atoms with Gasteiger partial charge in [0, 0.05) is 14.1 Å². The topological polar surface area (TPSA) is 113 Å². The van der Waals surface area contributed by atoms with Gasteiger partial charge in [-0.1, -0.05) is 0 Å². The van der Waals surface area contributed by atoms with Crippen molar-refractivity contribution in [2.75, 3.05) is 20.7 Å². The van der Waals surface area contributed by atoms with Crippen molar-refractivity contribution >= 4 is 18.7 Å². The van der Waals surface area contributed by atoms with E-state index in [2.05, 4.69) is 9.47 Å². The predicted octanol–water partition coefficient (Wildman–Crippen LogP) is 0.468. The second kappa shape index (κ2) is 9.56. The number of carboxylic acid groups (broad SMARTS) is 2. The van der Waals surface area contributed by atoms with Gasteiger partial charge in [0.25, 0.3) is 0 Å². The van der Waals surface area contributed by atoms with E-state index in [1.165, 1.54) is 11.8 Å². The third kappa shape index (κ3) is 17.9. The molecule has 0 spiro atoms. The van der Waals surface area contributed by atoms with E-state index in [1.54, 1.807) is 14.1 Å². The summed E-state index contributed by atoms with van der Waals surface area (Å²) >= 11 is 0. The SMILES string of the molecule is CC(COC(=O)O)OC(=O)O.CN(C)C=O. The second-order valence-electron chi connectivity index (χ2n) is 2.84. The molecule has 0 aliphatic heterocycles. The Morgan fingerprint density at radius 1 is 1.31 bits per heavy atom. The van der Waals surface area contributed by atoms with Gasteiger partial charge < -0.3 is 24.6 Å². The van der Waals surface area contributed by atoms with Crippen molar-refractivity contribution in [3.8, 4) is 0 Å². The minimum Gasteiger partial charge on any atom is -0.450 e. The normalized spacial score (nSPS) is 10.2. The van der Waals surface area contributed by atoms with Crippen LogP contribution in [0.15, 0.2) is 0 Å². The lowest BCUT2D eigenvalue weighted by atomic mass is 10.4. The van der Waals surface area contributed by atoms with Crippen LogP contribution in [0.1, 0.15) is 6.92 Å². The van der Waals surface area contributed by atoms with E-state index in [4.69, 9.17) is 10.2 Å². The molecule has 0 rings (SSSR count). The van der Waals surface area contributed by atoms with Crippen LogP contribution in [0.3, 0.4) is 0 Å². The Balaban J connectivity index is 0. The summed E-state index contributed by atoms with van der Waals surface area (Å²) in [6.07, 6.45) is -2.93. The van der Waals surface area contributed by atoms with Gasteiger partial charge in [-0.15, -0.1) is 0 Å². The first-order valence-electron chi connectivity index (χ1n) is 4.16. The van der Waals surface area contributed by atoms with E-state index in [-0.39, 0.29) is 6.61 Å². The number of carbonyl (C=O) groups excluding carboxylic acids is 1. The molecule has 0 radical (unpaired) electrons. The molecule has 0 aromatic heterocycles. The van der Waals surface area contributed by atoms with Crippen LogP contribution >= 0.6 is 0 Å². The first-order chi connectivity index (χ1) is 7.29. The predicted molar refractivity (Wildman–Crippen MR) is 52.3 cm³/mol. The Labute approximate surface area is 92.4 Å². The standard InChI is InChI=1S/C5H8O6.C3H7NO/c1-3(11-5(8)9)2-10-4(6)7;1-4(2)3-5/h3H,2H2,1H3,(H,6,7)(H,8,9);3H,1-2H3. The van der Waals surface area contributed by atoms with E-state index in [9.17, 15) is 14.4 Å². The summed E-state index contributed by atoms with van der Waals surface area (Å²) in [5.41, 5.74) is 0. The molecule has 0 heterocycles. The van der Waals surface area contributed by atoms with Crippen LogP contribution in [0, 0.1) is 0 Å². The van der Waals surface area contributed by atoms with Crippen LogP contribution in [0.4, 0.5) is 9.59 Å².